The van der Waals surface area contributed by atoms with Gasteiger partial charge in [-0.15, -0.1) is 0 Å². The Balaban J connectivity index is 1.67. The van der Waals surface area contributed by atoms with Crippen LogP contribution in [0.3, 0.4) is 0 Å². The highest BCUT2D eigenvalue weighted by atomic mass is 19.1. The standard InChI is InChI=1S/C27H25FN4O3/c1-16-5-14-24(35-4)23(15-16)30-27(34)20-8-12-22(13-9-20)32-26(29-18(3)33)25(17(2)31-32)19-6-10-21(28)11-7-19/h5-15H,1-4H3,(H,29,33)(H,30,34). The summed E-state index contributed by atoms with van der Waals surface area (Å²) in [6.07, 6.45) is 0. The summed E-state index contributed by atoms with van der Waals surface area (Å²) in [5.41, 5.74) is 4.74. The molecule has 0 fully saturated rings. The summed E-state index contributed by atoms with van der Waals surface area (Å²) in [4.78, 5) is 24.8. The maximum absolute atomic E-state index is 13.5. The minimum Gasteiger partial charge on any atom is -0.495 e. The summed E-state index contributed by atoms with van der Waals surface area (Å²) < 4.78 is 20.4. The molecule has 178 valence electrons. The topological polar surface area (TPSA) is 85.2 Å². The summed E-state index contributed by atoms with van der Waals surface area (Å²) in [5.74, 6) is 0.130. The molecule has 0 atom stereocenters. The Morgan fingerprint density at radius 1 is 0.943 bits per heavy atom. The van der Waals surface area contributed by atoms with Gasteiger partial charge in [-0.25, -0.2) is 9.07 Å². The van der Waals surface area contributed by atoms with Gasteiger partial charge >= 0.3 is 0 Å². The summed E-state index contributed by atoms with van der Waals surface area (Å²) >= 11 is 0. The number of aromatic nitrogens is 2. The first kappa shape index (κ1) is 23.7. The van der Waals surface area contributed by atoms with Crippen LogP contribution >= 0.6 is 0 Å². The molecule has 0 saturated heterocycles. The van der Waals surface area contributed by atoms with Gasteiger partial charge in [-0.05, 0) is 73.5 Å². The van der Waals surface area contributed by atoms with Crippen LogP contribution < -0.4 is 15.4 Å². The average Bonchev–Trinajstić information content (AvgIpc) is 3.15. The fraction of sp³-hybridized carbons (Fsp3) is 0.148. The molecule has 4 aromatic rings. The lowest BCUT2D eigenvalue weighted by atomic mass is 10.1. The number of hydrogen-bond donors (Lipinski definition) is 2. The van der Waals surface area contributed by atoms with Crippen LogP contribution in [0.4, 0.5) is 15.9 Å². The third kappa shape index (κ3) is 5.06. The predicted octanol–water partition coefficient (Wildman–Crippen LogP) is 5.51. The lowest BCUT2D eigenvalue weighted by Gasteiger charge is -2.12. The van der Waals surface area contributed by atoms with Gasteiger partial charge in [0, 0.05) is 18.1 Å². The molecular formula is C27H25FN4O3. The molecule has 0 aliphatic heterocycles. The number of hydrogen-bond acceptors (Lipinski definition) is 4. The normalized spacial score (nSPS) is 10.7. The van der Waals surface area contributed by atoms with Crippen molar-refractivity contribution in [2.24, 2.45) is 0 Å². The molecule has 0 unspecified atom stereocenters. The molecule has 0 bridgehead atoms. The van der Waals surface area contributed by atoms with Crippen molar-refractivity contribution in [3.05, 3.63) is 89.4 Å². The molecule has 1 heterocycles. The molecule has 7 nitrogen and oxygen atoms in total. The summed E-state index contributed by atoms with van der Waals surface area (Å²) in [5, 5.41) is 10.3. The van der Waals surface area contributed by atoms with Crippen molar-refractivity contribution < 1.29 is 18.7 Å². The Morgan fingerprint density at radius 3 is 2.26 bits per heavy atom. The van der Waals surface area contributed by atoms with Gasteiger partial charge in [0.15, 0.2) is 0 Å². The monoisotopic (exact) mass is 472 g/mol. The van der Waals surface area contributed by atoms with Crippen LogP contribution in [-0.4, -0.2) is 28.7 Å². The van der Waals surface area contributed by atoms with Crippen LogP contribution in [-0.2, 0) is 4.79 Å². The van der Waals surface area contributed by atoms with E-state index in [2.05, 4.69) is 15.7 Å². The Bertz CT molecular complexity index is 1390. The lowest BCUT2D eigenvalue weighted by Crippen LogP contribution is -2.14. The summed E-state index contributed by atoms with van der Waals surface area (Å²) in [7, 11) is 1.55. The molecule has 0 aliphatic carbocycles. The highest BCUT2D eigenvalue weighted by Crippen LogP contribution is 2.34. The molecule has 0 spiro atoms. The van der Waals surface area contributed by atoms with Crippen molar-refractivity contribution in [1.82, 2.24) is 9.78 Å². The van der Waals surface area contributed by atoms with Crippen LogP contribution in [0.1, 0.15) is 28.5 Å². The second-order valence-electron chi connectivity index (χ2n) is 8.11. The van der Waals surface area contributed by atoms with Crippen molar-refractivity contribution in [3.63, 3.8) is 0 Å². The van der Waals surface area contributed by atoms with Crippen LogP contribution in [0.5, 0.6) is 5.75 Å². The van der Waals surface area contributed by atoms with Gasteiger partial charge in [0.2, 0.25) is 5.91 Å². The molecule has 0 saturated carbocycles. The van der Waals surface area contributed by atoms with Gasteiger partial charge in [-0.3, -0.25) is 9.59 Å². The Morgan fingerprint density at radius 2 is 1.63 bits per heavy atom. The molecule has 8 heteroatoms. The molecule has 4 rings (SSSR count). The van der Waals surface area contributed by atoms with Gasteiger partial charge in [-0.2, -0.15) is 5.10 Å². The van der Waals surface area contributed by atoms with Gasteiger partial charge in [0.05, 0.1) is 24.2 Å². The van der Waals surface area contributed by atoms with E-state index in [4.69, 9.17) is 4.74 Å². The zero-order chi connectivity index (χ0) is 25.1. The third-order valence-corrected chi connectivity index (χ3v) is 5.46. The van der Waals surface area contributed by atoms with Gasteiger partial charge < -0.3 is 15.4 Å². The number of rotatable bonds is 6. The molecule has 3 aromatic carbocycles. The zero-order valence-corrected chi connectivity index (χ0v) is 19.8. The first-order chi connectivity index (χ1) is 16.8. The average molecular weight is 473 g/mol. The number of carbonyl (C=O) groups excluding carboxylic acids is 2. The van der Waals surface area contributed by atoms with E-state index in [-0.39, 0.29) is 17.6 Å². The molecule has 2 N–H and O–H groups in total. The Hall–Kier alpha value is -4.46. The summed E-state index contributed by atoms with van der Waals surface area (Å²) in [6.45, 7) is 5.16. The van der Waals surface area contributed by atoms with Gasteiger partial charge in [0.1, 0.15) is 17.4 Å². The van der Waals surface area contributed by atoms with Crippen molar-refractivity contribution in [1.29, 1.82) is 0 Å². The highest BCUT2D eigenvalue weighted by Gasteiger charge is 2.20. The van der Waals surface area contributed by atoms with Crippen LogP contribution in [0.25, 0.3) is 16.8 Å². The summed E-state index contributed by atoms with van der Waals surface area (Å²) in [6, 6.07) is 18.4. The maximum Gasteiger partial charge on any atom is 0.255 e. The van der Waals surface area contributed by atoms with Crippen molar-refractivity contribution in [3.8, 4) is 22.6 Å². The Labute approximate surface area is 202 Å². The minimum absolute atomic E-state index is 0.266. The second-order valence-corrected chi connectivity index (χ2v) is 8.11. The van der Waals surface area contributed by atoms with Crippen molar-refractivity contribution in [2.45, 2.75) is 20.8 Å². The van der Waals surface area contributed by atoms with E-state index >= 15 is 0 Å². The molecule has 2 amide bonds. The molecule has 0 aliphatic rings. The van der Waals surface area contributed by atoms with E-state index in [1.165, 1.54) is 19.1 Å². The SMILES string of the molecule is COc1ccc(C)cc1NC(=O)c1ccc(-n2nc(C)c(-c3ccc(F)cc3)c2NC(C)=O)cc1. The van der Waals surface area contributed by atoms with Gasteiger partial charge in [0.25, 0.3) is 5.91 Å². The Kier molecular flexibility index (Phi) is 6.64. The molecule has 1 aromatic heterocycles. The first-order valence-electron chi connectivity index (χ1n) is 11.0. The second kappa shape index (κ2) is 9.80. The number of aryl methyl sites for hydroxylation is 2. The first-order valence-corrected chi connectivity index (χ1v) is 11.0. The smallest absolute Gasteiger partial charge is 0.255 e. The highest BCUT2D eigenvalue weighted by molar-refractivity contribution is 6.05. The lowest BCUT2D eigenvalue weighted by molar-refractivity contribution is -0.114. The van der Waals surface area contributed by atoms with E-state index in [1.54, 1.807) is 54.3 Å². The van der Waals surface area contributed by atoms with Crippen molar-refractivity contribution in [2.75, 3.05) is 17.7 Å². The fourth-order valence-electron chi connectivity index (χ4n) is 3.83. The molecular weight excluding hydrogens is 447 g/mol. The van der Waals surface area contributed by atoms with E-state index in [1.807, 2.05) is 26.0 Å². The molecule has 0 radical (unpaired) electrons. The minimum atomic E-state index is -0.350. The van der Waals surface area contributed by atoms with E-state index in [9.17, 15) is 14.0 Å². The van der Waals surface area contributed by atoms with Crippen molar-refractivity contribution >= 4 is 23.3 Å². The van der Waals surface area contributed by atoms with Crippen LogP contribution in [0.15, 0.2) is 66.7 Å². The number of anilines is 2. The number of methoxy groups -OCH3 is 1. The number of halogens is 1. The van der Waals surface area contributed by atoms with Crippen LogP contribution in [0.2, 0.25) is 0 Å². The number of nitrogens with one attached hydrogen (secondary N) is 2. The van der Waals surface area contributed by atoms with E-state index < -0.39 is 0 Å². The number of nitrogens with zero attached hydrogens (tertiary/aromatic N) is 2. The number of carbonyl (C=O) groups is 2. The third-order valence-electron chi connectivity index (χ3n) is 5.46. The fourth-order valence-corrected chi connectivity index (χ4v) is 3.83. The quantitative estimate of drug-likeness (QED) is 0.387. The van der Waals surface area contributed by atoms with Crippen LogP contribution in [0, 0.1) is 19.7 Å². The predicted molar refractivity (Wildman–Crippen MR) is 134 cm³/mol. The van der Waals surface area contributed by atoms with Gasteiger partial charge in [-0.1, -0.05) is 18.2 Å². The van der Waals surface area contributed by atoms with E-state index in [0.29, 0.717) is 39.8 Å². The number of amides is 2. The zero-order valence-electron chi connectivity index (χ0n) is 19.8. The van der Waals surface area contributed by atoms with E-state index in [0.717, 1.165) is 11.1 Å². The number of benzene rings is 3. The number of ether oxygens (including phenoxy) is 1. The largest absolute Gasteiger partial charge is 0.495 e. The maximum atomic E-state index is 13.5. The molecule has 35 heavy (non-hydrogen) atoms.